The number of halogens is 1. The zero-order valence-electron chi connectivity index (χ0n) is 11.7. The van der Waals surface area contributed by atoms with E-state index >= 15 is 0 Å². The van der Waals surface area contributed by atoms with Gasteiger partial charge in [-0.3, -0.25) is 4.79 Å². The second kappa shape index (κ2) is 7.24. The Morgan fingerprint density at radius 3 is 2.53 bits per heavy atom. The molecule has 0 saturated heterocycles. The van der Waals surface area contributed by atoms with Crippen LogP contribution < -0.4 is 4.90 Å². The zero-order valence-corrected chi connectivity index (χ0v) is 12.7. The van der Waals surface area contributed by atoms with Gasteiger partial charge in [0.15, 0.2) is 6.67 Å². The van der Waals surface area contributed by atoms with Crippen LogP contribution in [0.15, 0.2) is 42.6 Å². The van der Waals surface area contributed by atoms with E-state index in [1.807, 2.05) is 30.3 Å². The highest BCUT2D eigenvalue weighted by atomic mass is 28.3. The van der Waals surface area contributed by atoms with Crippen molar-refractivity contribution in [3.05, 3.63) is 42.6 Å². The lowest BCUT2D eigenvalue weighted by molar-refractivity contribution is -0.119. The molecule has 0 unspecified atom stereocenters. The van der Waals surface area contributed by atoms with Crippen LogP contribution in [0.25, 0.3) is 0 Å². The summed E-state index contributed by atoms with van der Waals surface area (Å²) in [6.07, 6.45) is 0.881. The third-order valence-electron chi connectivity index (χ3n) is 3.24. The number of benzene rings is 1. The first-order valence-electron chi connectivity index (χ1n) is 6.55. The number of rotatable bonds is 7. The molecule has 0 heterocycles. The molecule has 1 aromatic rings. The van der Waals surface area contributed by atoms with Gasteiger partial charge in [0.2, 0.25) is 0 Å². The van der Waals surface area contributed by atoms with Crippen LogP contribution in [0.5, 0.6) is 0 Å². The van der Waals surface area contributed by atoms with Crippen LogP contribution in [0.4, 0.5) is 10.1 Å². The lowest BCUT2D eigenvalue weighted by Crippen LogP contribution is -2.34. The molecular formula is C15H22FNOSi. The number of hydrogen-bond acceptors (Lipinski definition) is 1. The highest BCUT2D eigenvalue weighted by Crippen LogP contribution is 2.18. The number of carbonyl (C=O) groups is 1. The molecule has 0 atom stereocenters. The van der Waals surface area contributed by atoms with Crippen molar-refractivity contribution in [1.29, 1.82) is 0 Å². The molecule has 1 amide bonds. The minimum atomic E-state index is -1.36. The van der Waals surface area contributed by atoms with E-state index in [1.165, 1.54) is 4.90 Å². The van der Waals surface area contributed by atoms with Crippen molar-refractivity contribution in [3.8, 4) is 0 Å². The molecule has 1 rings (SSSR count). The van der Waals surface area contributed by atoms with Gasteiger partial charge < -0.3 is 4.90 Å². The number of amides is 1. The Hall–Kier alpha value is -1.42. The average Bonchev–Trinajstić information content (AvgIpc) is 2.44. The van der Waals surface area contributed by atoms with E-state index in [-0.39, 0.29) is 0 Å². The fraction of sp³-hybridized carbons (Fsp3) is 0.400. The monoisotopic (exact) mass is 279 g/mol. The number of para-hydroxylation sites is 1. The van der Waals surface area contributed by atoms with Gasteiger partial charge in [-0.1, -0.05) is 37.3 Å². The molecule has 1 aromatic carbocycles. The molecule has 4 heteroatoms. The van der Waals surface area contributed by atoms with Crippen LogP contribution in [0.2, 0.25) is 19.1 Å². The Morgan fingerprint density at radius 1 is 1.37 bits per heavy atom. The summed E-state index contributed by atoms with van der Waals surface area (Å²) >= 11 is 0. The number of hydrogen-bond donors (Lipinski definition) is 0. The SMILES string of the molecule is C=C[Si](C)(C)CCCN(C(=O)CF)c1ccccc1. The maximum absolute atomic E-state index is 12.7. The summed E-state index contributed by atoms with van der Waals surface area (Å²) in [5.41, 5.74) is 2.82. The third kappa shape index (κ3) is 4.99. The van der Waals surface area contributed by atoms with Crippen molar-refractivity contribution < 1.29 is 9.18 Å². The summed E-state index contributed by atoms with van der Waals surface area (Å²) in [5.74, 6) is -0.468. The second-order valence-electron chi connectivity index (χ2n) is 5.31. The highest BCUT2D eigenvalue weighted by Gasteiger charge is 2.19. The van der Waals surface area contributed by atoms with Crippen molar-refractivity contribution in [1.82, 2.24) is 0 Å². The van der Waals surface area contributed by atoms with E-state index in [1.54, 1.807) is 0 Å². The average molecular weight is 279 g/mol. The molecule has 0 N–H and O–H groups in total. The fourth-order valence-electron chi connectivity index (χ4n) is 1.87. The number of alkyl halides is 1. The lowest BCUT2D eigenvalue weighted by atomic mass is 10.2. The van der Waals surface area contributed by atoms with Crippen LogP contribution in [0.3, 0.4) is 0 Å². The molecule has 0 radical (unpaired) electrons. The smallest absolute Gasteiger partial charge is 0.258 e. The molecule has 104 valence electrons. The van der Waals surface area contributed by atoms with Crippen LogP contribution >= 0.6 is 0 Å². The Kier molecular flexibility index (Phi) is 5.95. The topological polar surface area (TPSA) is 20.3 Å². The van der Waals surface area contributed by atoms with E-state index in [4.69, 9.17) is 0 Å². The van der Waals surface area contributed by atoms with Gasteiger partial charge in [-0.15, -0.1) is 12.3 Å². The van der Waals surface area contributed by atoms with Gasteiger partial charge in [-0.25, -0.2) is 4.39 Å². The van der Waals surface area contributed by atoms with E-state index in [0.29, 0.717) is 6.54 Å². The molecule has 2 nitrogen and oxygen atoms in total. The summed E-state index contributed by atoms with van der Waals surface area (Å²) in [4.78, 5) is 13.2. The minimum absolute atomic E-state index is 0.468. The van der Waals surface area contributed by atoms with Crippen LogP contribution in [0.1, 0.15) is 6.42 Å². The molecule has 0 fully saturated rings. The van der Waals surface area contributed by atoms with E-state index in [2.05, 4.69) is 25.4 Å². The Morgan fingerprint density at radius 2 is 2.00 bits per heavy atom. The zero-order chi connectivity index (χ0) is 14.3. The largest absolute Gasteiger partial charge is 0.310 e. The number of nitrogens with zero attached hydrogens (tertiary/aromatic N) is 1. The predicted molar refractivity (Wildman–Crippen MR) is 81.9 cm³/mol. The lowest BCUT2D eigenvalue weighted by Gasteiger charge is -2.24. The molecule has 0 aliphatic carbocycles. The van der Waals surface area contributed by atoms with Gasteiger partial charge in [0, 0.05) is 12.2 Å². The predicted octanol–water partition coefficient (Wildman–Crippen LogP) is 3.81. The van der Waals surface area contributed by atoms with Gasteiger partial charge in [0.1, 0.15) is 0 Å². The summed E-state index contributed by atoms with van der Waals surface area (Å²) in [6.45, 7) is 7.96. The van der Waals surface area contributed by atoms with Gasteiger partial charge >= 0.3 is 0 Å². The minimum Gasteiger partial charge on any atom is -0.310 e. The Labute approximate surface area is 115 Å². The molecule has 0 saturated carbocycles. The van der Waals surface area contributed by atoms with Crippen molar-refractivity contribution in [3.63, 3.8) is 0 Å². The van der Waals surface area contributed by atoms with E-state index in [0.717, 1.165) is 18.2 Å². The second-order valence-corrected chi connectivity index (χ2v) is 10.2. The molecule has 19 heavy (non-hydrogen) atoms. The van der Waals surface area contributed by atoms with Gasteiger partial charge in [0.05, 0.1) is 8.07 Å². The van der Waals surface area contributed by atoms with E-state index in [9.17, 15) is 9.18 Å². The van der Waals surface area contributed by atoms with Crippen molar-refractivity contribution in [2.45, 2.75) is 25.6 Å². The first kappa shape index (κ1) is 15.6. The Balaban J connectivity index is 2.67. The summed E-state index contributed by atoms with van der Waals surface area (Å²) < 4.78 is 12.7. The molecule has 0 aliphatic heterocycles. The van der Waals surface area contributed by atoms with E-state index < -0.39 is 20.7 Å². The molecule has 0 spiro atoms. The Bertz CT molecular complexity index is 419. The van der Waals surface area contributed by atoms with Gasteiger partial charge in [-0.05, 0) is 18.6 Å². The van der Waals surface area contributed by atoms with Crippen molar-refractivity contribution in [2.24, 2.45) is 0 Å². The maximum Gasteiger partial charge on any atom is 0.258 e. The first-order chi connectivity index (χ1) is 9.00. The summed E-state index contributed by atoms with van der Waals surface area (Å²) in [7, 11) is -1.36. The summed E-state index contributed by atoms with van der Waals surface area (Å²) in [6, 6.07) is 10.3. The highest BCUT2D eigenvalue weighted by molar-refractivity contribution is 6.82. The number of carbonyl (C=O) groups excluding carboxylic acids is 1. The van der Waals surface area contributed by atoms with Crippen LogP contribution in [-0.2, 0) is 4.79 Å². The third-order valence-corrected chi connectivity index (χ3v) is 5.99. The van der Waals surface area contributed by atoms with Gasteiger partial charge in [0.25, 0.3) is 5.91 Å². The standard InChI is InChI=1S/C15H22FNOSi/c1-4-19(2,3)12-8-11-17(15(18)13-16)14-9-6-5-7-10-14/h4-7,9-10H,1,8,11-13H2,2-3H3. The normalized spacial score (nSPS) is 11.1. The maximum atomic E-state index is 12.7. The fourth-order valence-corrected chi connectivity index (χ4v) is 3.15. The van der Waals surface area contributed by atoms with Crippen molar-refractivity contribution >= 4 is 19.7 Å². The van der Waals surface area contributed by atoms with Crippen LogP contribution in [-0.4, -0.2) is 27.2 Å². The quantitative estimate of drug-likeness (QED) is 0.695. The number of anilines is 1. The molecular weight excluding hydrogens is 257 g/mol. The van der Waals surface area contributed by atoms with Crippen molar-refractivity contribution in [2.75, 3.05) is 18.1 Å². The molecule has 0 aliphatic rings. The first-order valence-corrected chi connectivity index (χ1v) is 9.83. The summed E-state index contributed by atoms with van der Waals surface area (Å²) in [5, 5.41) is 0. The molecule has 0 aromatic heterocycles. The van der Waals surface area contributed by atoms with Gasteiger partial charge in [-0.2, -0.15) is 0 Å². The van der Waals surface area contributed by atoms with Crippen LogP contribution in [0, 0.1) is 0 Å². The molecule has 0 bridgehead atoms.